The van der Waals surface area contributed by atoms with Crippen LogP contribution in [0.1, 0.15) is 5.56 Å². The molecule has 0 aromatic heterocycles. The number of allylic oxidation sites excluding steroid dienone is 1. The van der Waals surface area contributed by atoms with Crippen LogP contribution in [0.15, 0.2) is 35.0 Å². The first kappa shape index (κ1) is 11.1. The number of methoxy groups -OCH3 is 1. The number of aliphatic imine (C=N–C) groups is 1. The van der Waals surface area contributed by atoms with Crippen LogP contribution in [0.4, 0.5) is 0 Å². The van der Waals surface area contributed by atoms with Gasteiger partial charge in [0.25, 0.3) is 0 Å². The predicted octanol–water partition coefficient (Wildman–Crippen LogP) is 2.56. The molecule has 0 radical (unpaired) electrons. The minimum absolute atomic E-state index is 0.390. The summed E-state index contributed by atoms with van der Waals surface area (Å²) in [7, 11) is 1.63. The van der Waals surface area contributed by atoms with E-state index in [1.165, 1.54) is 0 Å². The summed E-state index contributed by atoms with van der Waals surface area (Å²) in [5.41, 5.74) is 1.72. The van der Waals surface area contributed by atoms with Crippen LogP contribution in [0.3, 0.4) is 0 Å². The lowest BCUT2D eigenvalue weighted by Gasteiger charge is -2.01. The monoisotopic (exact) mass is 252 g/mol. The highest BCUT2D eigenvalue weighted by Gasteiger charge is 2.13. The first-order valence-corrected chi connectivity index (χ1v) is 5.39. The third-order valence-electron chi connectivity index (χ3n) is 2.09. The van der Waals surface area contributed by atoms with Gasteiger partial charge in [0.05, 0.1) is 12.8 Å². The summed E-state index contributed by atoms with van der Waals surface area (Å²) in [6, 6.07) is 7.62. The van der Waals surface area contributed by atoms with Crippen LogP contribution >= 0.6 is 23.8 Å². The van der Waals surface area contributed by atoms with E-state index in [1.54, 1.807) is 7.11 Å². The summed E-state index contributed by atoms with van der Waals surface area (Å²) in [6.45, 7) is 0. The molecule has 2 rings (SSSR count). The second kappa shape index (κ2) is 4.63. The SMILES string of the molecule is COc1ccc(/C=C2\NC(=S)N=C2Cl)cc1. The van der Waals surface area contributed by atoms with E-state index in [4.69, 9.17) is 28.6 Å². The smallest absolute Gasteiger partial charge is 0.198 e. The maximum Gasteiger partial charge on any atom is 0.198 e. The molecule has 16 heavy (non-hydrogen) atoms. The van der Waals surface area contributed by atoms with E-state index in [2.05, 4.69) is 10.3 Å². The molecule has 0 atom stereocenters. The molecule has 5 heteroatoms. The molecule has 0 bridgehead atoms. The van der Waals surface area contributed by atoms with Gasteiger partial charge in [-0.05, 0) is 36.0 Å². The number of benzene rings is 1. The number of hydrogen-bond donors (Lipinski definition) is 1. The van der Waals surface area contributed by atoms with Crippen LogP contribution in [0.2, 0.25) is 0 Å². The van der Waals surface area contributed by atoms with Gasteiger partial charge in [-0.3, -0.25) is 0 Å². The summed E-state index contributed by atoms with van der Waals surface area (Å²) >= 11 is 10.8. The Kier molecular flexibility index (Phi) is 3.22. The third kappa shape index (κ3) is 2.40. The number of thiocarbonyl (C=S) groups is 1. The van der Waals surface area contributed by atoms with Crippen molar-refractivity contribution in [1.29, 1.82) is 0 Å². The number of hydrogen-bond acceptors (Lipinski definition) is 2. The fraction of sp³-hybridized carbons (Fsp3) is 0.0909. The number of ether oxygens (including phenoxy) is 1. The summed E-state index contributed by atoms with van der Waals surface area (Å²) in [5.74, 6) is 0.816. The molecule has 1 aromatic carbocycles. The first-order valence-electron chi connectivity index (χ1n) is 4.60. The van der Waals surface area contributed by atoms with Crippen LogP contribution < -0.4 is 10.1 Å². The van der Waals surface area contributed by atoms with Crippen molar-refractivity contribution in [3.05, 3.63) is 35.5 Å². The Bertz CT molecular complexity index is 479. The van der Waals surface area contributed by atoms with Crippen LogP contribution in [0.5, 0.6) is 5.75 Å². The van der Waals surface area contributed by atoms with Gasteiger partial charge < -0.3 is 10.1 Å². The van der Waals surface area contributed by atoms with Gasteiger partial charge in [-0.2, -0.15) is 0 Å². The molecule has 1 aliphatic rings. The Hall–Kier alpha value is -1.39. The summed E-state index contributed by atoms with van der Waals surface area (Å²) < 4.78 is 5.07. The highest BCUT2D eigenvalue weighted by atomic mass is 35.5. The van der Waals surface area contributed by atoms with Crippen molar-refractivity contribution in [3.63, 3.8) is 0 Å². The second-order valence-corrected chi connectivity index (χ2v) is 3.91. The number of halogens is 1. The molecule has 1 heterocycles. The van der Waals surface area contributed by atoms with E-state index in [-0.39, 0.29) is 0 Å². The zero-order chi connectivity index (χ0) is 11.5. The molecule has 1 aromatic rings. The lowest BCUT2D eigenvalue weighted by atomic mass is 10.2. The van der Waals surface area contributed by atoms with Crippen molar-refractivity contribution in [2.24, 2.45) is 4.99 Å². The van der Waals surface area contributed by atoms with Gasteiger partial charge in [0.1, 0.15) is 5.75 Å². The van der Waals surface area contributed by atoms with Crippen molar-refractivity contribution in [3.8, 4) is 5.75 Å². The Morgan fingerprint density at radius 2 is 2.06 bits per heavy atom. The Balaban J connectivity index is 2.23. The molecule has 1 aliphatic heterocycles. The molecule has 0 saturated carbocycles. The molecule has 1 N–H and O–H groups in total. The molecule has 3 nitrogen and oxygen atoms in total. The number of nitrogens with one attached hydrogen (secondary N) is 1. The molecular formula is C11H9ClN2OS. The Labute approximate surface area is 104 Å². The molecule has 0 saturated heterocycles. The minimum atomic E-state index is 0.390. The Morgan fingerprint density at radius 1 is 1.38 bits per heavy atom. The topological polar surface area (TPSA) is 33.6 Å². The van der Waals surface area contributed by atoms with Gasteiger partial charge in [-0.15, -0.1) is 0 Å². The van der Waals surface area contributed by atoms with E-state index in [0.29, 0.717) is 10.3 Å². The maximum absolute atomic E-state index is 5.89. The molecule has 0 fully saturated rings. The quantitative estimate of drug-likeness (QED) is 0.822. The van der Waals surface area contributed by atoms with Gasteiger partial charge in [-0.1, -0.05) is 23.7 Å². The fourth-order valence-electron chi connectivity index (χ4n) is 1.31. The van der Waals surface area contributed by atoms with Gasteiger partial charge in [0, 0.05) is 0 Å². The standard InChI is InChI=1S/C11H9ClN2OS/c1-15-8-4-2-7(3-5-8)6-9-10(12)14-11(16)13-9/h2-6H,1H3,(H,13,16)/b9-6-. The average molecular weight is 253 g/mol. The lowest BCUT2D eigenvalue weighted by Crippen LogP contribution is -2.12. The minimum Gasteiger partial charge on any atom is -0.497 e. The molecule has 0 unspecified atom stereocenters. The van der Waals surface area contributed by atoms with Crippen LogP contribution in [-0.4, -0.2) is 17.4 Å². The van der Waals surface area contributed by atoms with Gasteiger partial charge in [0.2, 0.25) is 0 Å². The summed E-state index contributed by atoms with van der Waals surface area (Å²) in [5, 5.41) is 3.69. The molecule has 82 valence electrons. The largest absolute Gasteiger partial charge is 0.497 e. The van der Waals surface area contributed by atoms with Crippen molar-refractivity contribution in [2.75, 3.05) is 7.11 Å². The second-order valence-electron chi connectivity index (χ2n) is 3.16. The lowest BCUT2D eigenvalue weighted by molar-refractivity contribution is 0.415. The molecule has 0 spiro atoms. The van der Waals surface area contributed by atoms with E-state index < -0.39 is 0 Å². The van der Waals surface area contributed by atoms with E-state index in [0.717, 1.165) is 17.0 Å². The summed E-state index contributed by atoms with van der Waals surface area (Å²) in [6.07, 6.45) is 1.88. The van der Waals surface area contributed by atoms with Crippen molar-refractivity contribution < 1.29 is 4.74 Å². The number of rotatable bonds is 2. The molecular weight excluding hydrogens is 244 g/mol. The zero-order valence-corrected chi connectivity index (χ0v) is 10.1. The first-order chi connectivity index (χ1) is 7.69. The Morgan fingerprint density at radius 3 is 2.56 bits per heavy atom. The van der Waals surface area contributed by atoms with Crippen molar-refractivity contribution >= 4 is 40.2 Å². The van der Waals surface area contributed by atoms with E-state index >= 15 is 0 Å². The van der Waals surface area contributed by atoms with Crippen LogP contribution in [0.25, 0.3) is 6.08 Å². The molecule has 0 amide bonds. The van der Waals surface area contributed by atoms with Gasteiger partial charge in [0.15, 0.2) is 10.3 Å². The fourth-order valence-corrected chi connectivity index (χ4v) is 1.74. The van der Waals surface area contributed by atoms with E-state index in [9.17, 15) is 0 Å². The molecule has 0 aliphatic carbocycles. The van der Waals surface area contributed by atoms with Crippen LogP contribution in [0, 0.1) is 0 Å². The number of nitrogens with zero attached hydrogens (tertiary/aromatic N) is 1. The average Bonchev–Trinajstić information content (AvgIpc) is 2.59. The van der Waals surface area contributed by atoms with Crippen molar-refractivity contribution in [2.45, 2.75) is 0 Å². The normalized spacial score (nSPS) is 17.2. The van der Waals surface area contributed by atoms with Crippen LogP contribution in [-0.2, 0) is 0 Å². The van der Waals surface area contributed by atoms with Gasteiger partial charge >= 0.3 is 0 Å². The van der Waals surface area contributed by atoms with Crippen molar-refractivity contribution in [1.82, 2.24) is 5.32 Å². The maximum atomic E-state index is 5.89. The summed E-state index contributed by atoms with van der Waals surface area (Å²) in [4.78, 5) is 3.91. The third-order valence-corrected chi connectivity index (χ3v) is 2.57. The zero-order valence-electron chi connectivity index (χ0n) is 8.53. The highest BCUT2D eigenvalue weighted by molar-refractivity contribution is 7.80. The van der Waals surface area contributed by atoms with Gasteiger partial charge in [-0.25, -0.2) is 4.99 Å². The predicted molar refractivity (Wildman–Crippen MR) is 70.0 cm³/mol. The van der Waals surface area contributed by atoms with E-state index in [1.807, 2.05) is 30.3 Å². The highest BCUT2D eigenvalue weighted by Crippen LogP contribution is 2.16.